The molecule has 5 unspecified atom stereocenters. The molecule has 1 aromatic carbocycles. The molecule has 1 saturated heterocycles. The Morgan fingerprint density at radius 3 is 2.40 bits per heavy atom. The molecule has 7 rings (SSSR count). The lowest BCUT2D eigenvalue weighted by atomic mass is 9.41. The maximum absolute atomic E-state index is 12.9. The number of benzene rings is 1. The van der Waals surface area contributed by atoms with Crippen LogP contribution in [-0.2, 0) is 16.1 Å². The van der Waals surface area contributed by atoms with Gasteiger partial charge in [0.15, 0.2) is 6.10 Å². The van der Waals surface area contributed by atoms with E-state index in [0.29, 0.717) is 30.2 Å². The molecule has 1 amide bonds. The van der Waals surface area contributed by atoms with Crippen LogP contribution in [0.1, 0.15) is 91.0 Å². The predicted molar refractivity (Wildman–Crippen MR) is 152 cm³/mol. The average molecular weight is 552 g/mol. The highest BCUT2D eigenvalue weighted by Gasteiger charge is 2.84. The van der Waals surface area contributed by atoms with Gasteiger partial charge in [-0.05, 0) is 103 Å². The standard InChI is InChI=1S/C34H49NO5/c1-30(2)23-12-13-24-32(4)28(38)27-21(31(32,3)16-17-34(24)19-33(23,34)15-14-25(30)36)10-11-22(40-27)26(37)29(39)35-18-20-8-6-5-7-9-20/h5-9,21-28,36-38H,10-19H2,1-4H3,(H,35,39)/t21-,22?,23-,24?,25-,26-,27?,28-,31?,32+,33?,34-/m0/s1. The number of aliphatic hydroxyl groups is 3. The summed E-state index contributed by atoms with van der Waals surface area (Å²) in [7, 11) is 0. The fraction of sp³-hybridized carbons (Fsp3) is 0.794. The van der Waals surface area contributed by atoms with Crippen molar-refractivity contribution in [3.8, 4) is 0 Å². The maximum Gasteiger partial charge on any atom is 0.251 e. The first-order chi connectivity index (χ1) is 18.9. The first-order valence-electron chi connectivity index (χ1n) is 15.9. The van der Waals surface area contributed by atoms with Crippen molar-refractivity contribution in [3.63, 3.8) is 0 Å². The van der Waals surface area contributed by atoms with Crippen LogP contribution in [0.15, 0.2) is 30.3 Å². The molecule has 1 aromatic rings. The molecule has 6 nitrogen and oxygen atoms in total. The van der Waals surface area contributed by atoms with Gasteiger partial charge in [0.1, 0.15) is 0 Å². The van der Waals surface area contributed by atoms with Gasteiger partial charge in [-0.15, -0.1) is 0 Å². The summed E-state index contributed by atoms with van der Waals surface area (Å²) < 4.78 is 6.56. The summed E-state index contributed by atoms with van der Waals surface area (Å²) in [6.07, 6.45) is 6.31. The summed E-state index contributed by atoms with van der Waals surface area (Å²) >= 11 is 0. The van der Waals surface area contributed by atoms with Crippen molar-refractivity contribution >= 4 is 5.91 Å². The molecule has 0 aromatic heterocycles. The van der Waals surface area contributed by atoms with Crippen molar-refractivity contribution in [2.75, 3.05) is 0 Å². The molecule has 1 heterocycles. The van der Waals surface area contributed by atoms with Crippen LogP contribution in [0.5, 0.6) is 0 Å². The van der Waals surface area contributed by atoms with E-state index in [1.165, 1.54) is 12.8 Å². The third-order valence-electron chi connectivity index (χ3n) is 14.4. The van der Waals surface area contributed by atoms with E-state index in [4.69, 9.17) is 4.74 Å². The van der Waals surface area contributed by atoms with Gasteiger partial charge in [-0.3, -0.25) is 4.79 Å². The minimum Gasteiger partial charge on any atom is -0.393 e. The molecule has 220 valence electrons. The van der Waals surface area contributed by atoms with Gasteiger partial charge in [-0.25, -0.2) is 0 Å². The number of fused-ring (bicyclic) bond motifs is 4. The van der Waals surface area contributed by atoms with Crippen LogP contribution in [0.3, 0.4) is 0 Å². The quantitative estimate of drug-likeness (QED) is 0.439. The monoisotopic (exact) mass is 551 g/mol. The van der Waals surface area contributed by atoms with E-state index in [9.17, 15) is 20.1 Å². The Morgan fingerprint density at radius 2 is 1.65 bits per heavy atom. The number of carbonyl (C=O) groups excluding carboxylic acids is 1. The zero-order valence-corrected chi connectivity index (χ0v) is 24.7. The highest BCUT2D eigenvalue weighted by molar-refractivity contribution is 5.81. The van der Waals surface area contributed by atoms with E-state index in [1.54, 1.807) is 0 Å². The highest BCUT2D eigenvalue weighted by Crippen LogP contribution is 2.89. The van der Waals surface area contributed by atoms with Crippen molar-refractivity contribution in [2.45, 2.75) is 123 Å². The second kappa shape index (κ2) is 8.78. The van der Waals surface area contributed by atoms with Crippen LogP contribution >= 0.6 is 0 Å². The van der Waals surface area contributed by atoms with E-state index in [-0.39, 0.29) is 39.8 Å². The number of amides is 1. The van der Waals surface area contributed by atoms with Crippen molar-refractivity contribution in [1.29, 1.82) is 0 Å². The number of ether oxygens (including phenoxy) is 1. The van der Waals surface area contributed by atoms with Gasteiger partial charge in [0, 0.05) is 12.0 Å². The lowest BCUT2D eigenvalue weighted by Crippen LogP contribution is -2.59. The summed E-state index contributed by atoms with van der Waals surface area (Å²) in [5.74, 6) is 0.827. The van der Waals surface area contributed by atoms with Gasteiger partial charge in [0.05, 0.1) is 24.4 Å². The van der Waals surface area contributed by atoms with Crippen LogP contribution in [0.4, 0.5) is 0 Å². The Bertz CT molecular complexity index is 1170. The molecule has 1 aliphatic heterocycles. The van der Waals surface area contributed by atoms with E-state index in [2.05, 4.69) is 33.0 Å². The van der Waals surface area contributed by atoms with Gasteiger partial charge >= 0.3 is 0 Å². The molecule has 5 aliphatic carbocycles. The summed E-state index contributed by atoms with van der Waals surface area (Å²) in [5, 5.41) is 37.0. The fourth-order valence-corrected chi connectivity index (χ4v) is 12.1. The summed E-state index contributed by atoms with van der Waals surface area (Å²) in [6, 6.07) is 9.71. The Morgan fingerprint density at radius 1 is 0.950 bits per heavy atom. The first kappa shape index (κ1) is 27.4. The molecular formula is C34H49NO5. The lowest BCUT2D eigenvalue weighted by molar-refractivity contribution is -0.184. The zero-order chi connectivity index (χ0) is 28.3. The fourth-order valence-electron chi connectivity index (χ4n) is 12.1. The minimum absolute atomic E-state index is 0.0290. The first-order valence-corrected chi connectivity index (χ1v) is 15.9. The molecule has 6 heteroatoms. The Hall–Kier alpha value is -1.47. The number of hydrogen-bond donors (Lipinski definition) is 4. The van der Waals surface area contributed by atoms with Crippen LogP contribution in [0.25, 0.3) is 0 Å². The molecule has 5 saturated carbocycles. The number of rotatable bonds is 4. The Balaban J connectivity index is 1.11. The minimum atomic E-state index is -1.25. The molecule has 4 N–H and O–H groups in total. The Labute approximate surface area is 239 Å². The average Bonchev–Trinajstić information content (AvgIpc) is 3.59. The van der Waals surface area contributed by atoms with E-state index in [1.807, 2.05) is 30.3 Å². The van der Waals surface area contributed by atoms with Crippen LogP contribution in [0.2, 0.25) is 0 Å². The highest BCUT2D eigenvalue weighted by atomic mass is 16.5. The molecule has 2 spiro atoms. The third-order valence-corrected chi connectivity index (χ3v) is 14.4. The lowest BCUT2D eigenvalue weighted by Gasteiger charge is -2.63. The molecule has 0 bridgehead atoms. The summed E-state index contributed by atoms with van der Waals surface area (Å²) in [4.78, 5) is 12.9. The molecular weight excluding hydrogens is 502 g/mol. The largest absolute Gasteiger partial charge is 0.393 e. The van der Waals surface area contributed by atoms with Crippen LogP contribution in [-0.4, -0.2) is 51.7 Å². The SMILES string of the molecule is CC1(C)[C@@H](O)CCC23C[C@]24CCC2(C)[C@H]5CCC([C@H](O)C(=O)NCc6ccccc6)OC5[C@H](O)[C@@]2(C)C4CC[C@@H]13. The second-order valence-electron chi connectivity index (χ2n) is 15.7. The van der Waals surface area contributed by atoms with Crippen LogP contribution < -0.4 is 5.32 Å². The maximum atomic E-state index is 12.9. The van der Waals surface area contributed by atoms with E-state index >= 15 is 0 Å². The Kier molecular flexibility index (Phi) is 6.01. The third kappa shape index (κ3) is 3.28. The zero-order valence-electron chi connectivity index (χ0n) is 24.7. The number of hydrogen-bond acceptors (Lipinski definition) is 5. The normalized spacial score (nSPS) is 50.8. The molecule has 6 fully saturated rings. The molecule has 0 radical (unpaired) electrons. The summed E-state index contributed by atoms with van der Waals surface area (Å²) in [5.41, 5.74) is 1.23. The van der Waals surface area contributed by atoms with Gasteiger partial charge in [-0.1, -0.05) is 58.0 Å². The van der Waals surface area contributed by atoms with Crippen molar-refractivity contribution in [2.24, 2.45) is 44.8 Å². The van der Waals surface area contributed by atoms with Gasteiger partial charge in [0.2, 0.25) is 0 Å². The van der Waals surface area contributed by atoms with Crippen LogP contribution in [0, 0.1) is 44.8 Å². The van der Waals surface area contributed by atoms with E-state index < -0.39 is 24.2 Å². The number of nitrogens with one attached hydrogen (secondary N) is 1. The van der Waals surface area contributed by atoms with E-state index in [0.717, 1.165) is 44.1 Å². The number of aliphatic hydroxyl groups excluding tert-OH is 3. The van der Waals surface area contributed by atoms with Gasteiger partial charge in [-0.2, -0.15) is 0 Å². The van der Waals surface area contributed by atoms with Crippen molar-refractivity contribution in [1.82, 2.24) is 5.32 Å². The summed E-state index contributed by atoms with van der Waals surface area (Å²) in [6.45, 7) is 9.72. The molecule has 40 heavy (non-hydrogen) atoms. The van der Waals surface area contributed by atoms with Gasteiger partial charge < -0.3 is 25.4 Å². The number of carbonyl (C=O) groups is 1. The molecule has 12 atom stereocenters. The molecule has 6 aliphatic rings. The second-order valence-corrected chi connectivity index (χ2v) is 15.7. The van der Waals surface area contributed by atoms with Gasteiger partial charge in [0.25, 0.3) is 5.91 Å². The smallest absolute Gasteiger partial charge is 0.251 e. The predicted octanol–water partition coefficient (Wildman–Crippen LogP) is 4.59. The van der Waals surface area contributed by atoms with Crippen molar-refractivity contribution in [3.05, 3.63) is 35.9 Å². The topological polar surface area (TPSA) is 99.0 Å². The van der Waals surface area contributed by atoms with Crippen molar-refractivity contribution < 1.29 is 24.9 Å².